The molecule has 0 bridgehead atoms. The highest BCUT2D eigenvalue weighted by atomic mass is 32.5. The molecule has 0 saturated carbocycles. The van der Waals surface area contributed by atoms with Gasteiger partial charge in [-0.15, -0.1) is 0 Å². The van der Waals surface area contributed by atoms with Crippen LogP contribution in [0.4, 0.5) is 0 Å². The average molecular weight is 172 g/mol. The molecule has 0 rings (SSSR count). The van der Waals surface area contributed by atoms with E-state index < -0.39 is 6.72 Å². The molecule has 0 aromatic heterocycles. The molecule has 0 aliphatic heterocycles. The molecule has 9 heavy (non-hydrogen) atoms. The summed E-state index contributed by atoms with van der Waals surface area (Å²) in [5.41, 5.74) is 0. The summed E-state index contributed by atoms with van der Waals surface area (Å²) in [6, 6.07) is 0. The number of hydrogen-bond acceptors (Lipinski definition) is 3. The Labute approximate surface area is 58.7 Å². The fourth-order valence-corrected chi connectivity index (χ4v) is 0.775. The molecule has 0 heterocycles. The molecule has 0 amide bonds. The van der Waals surface area contributed by atoms with E-state index in [0.29, 0.717) is 6.61 Å². The summed E-state index contributed by atoms with van der Waals surface area (Å²) in [5, 5.41) is 0. The van der Waals surface area contributed by atoms with E-state index in [2.05, 4.69) is 21.1 Å². The van der Waals surface area contributed by atoms with E-state index in [1.807, 2.05) is 0 Å². The summed E-state index contributed by atoms with van der Waals surface area (Å²) < 4.78 is 8.94. The van der Waals surface area contributed by atoms with Gasteiger partial charge in [-0.2, -0.15) is 0 Å². The van der Waals surface area contributed by atoms with E-state index in [4.69, 9.17) is 9.79 Å². The lowest BCUT2D eigenvalue weighted by Crippen LogP contribution is -1.98. The summed E-state index contributed by atoms with van der Waals surface area (Å²) in [7, 11) is 1.49. The fourth-order valence-electron chi connectivity index (χ4n) is 0.240. The lowest BCUT2D eigenvalue weighted by molar-refractivity contribution is 0.135. The second kappa shape index (κ2) is 4.33. The Morgan fingerprint density at radius 3 is 2.33 bits per heavy atom. The molecule has 0 radical (unpaired) electrons. The fraction of sp³-hybridized carbons (Fsp3) is 1.00. The maximum atomic E-state index is 8.45. The van der Waals surface area contributed by atoms with Gasteiger partial charge in [0.2, 0.25) is 0 Å². The largest absolute Gasteiger partial charge is 0.382 e. The molecular weight excluding hydrogens is 163 g/mol. The van der Waals surface area contributed by atoms with Crippen molar-refractivity contribution in [3.8, 4) is 0 Å². The van der Waals surface area contributed by atoms with Crippen LogP contribution < -0.4 is 0 Å². The van der Waals surface area contributed by atoms with Gasteiger partial charge in [-0.05, 0) is 11.8 Å². The number of hydrogen-bond donors (Lipinski definition) is 2. The zero-order chi connectivity index (χ0) is 7.33. The molecule has 0 aromatic rings. The lowest BCUT2D eigenvalue weighted by atomic mass is 10.8. The molecular formula is C3H9O4PS. The molecule has 0 aliphatic carbocycles. The normalized spacial score (nSPS) is 11.9. The van der Waals surface area contributed by atoms with Gasteiger partial charge in [-0.25, -0.2) is 0 Å². The minimum absolute atomic E-state index is 0.126. The van der Waals surface area contributed by atoms with E-state index in [1.54, 1.807) is 0 Å². The molecule has 0 saturated heterocycles. The first-order chi connectivity index (χ1) is 4.06. The minimum Gasteiger partial charge on any atom is -0.382 e. The summed E-state index contributed by atoms with van der Waals surface area (Å²) in [6.45, 7) is -3.00. The third-order valence-electron chi connectivity index (χ3n) is 0.547. The van der Waals surface area contributed by atoms with Gasteiger partial charge in [0.05, 0.1) is 13.2 Å². The maximum absolute atomic E-state index is 8.45. The van der Waals surface area contributed by atoms with Crippen molar-refractivity contribution in [2.45, 2.75) is 0 Å². The van der Waals surface area contributed by atoms with Crippen LogP contribution in [0.1, 0.15) is 0 Å². The van der Waals surface area contributed by atoms with Crippen LogP contribution in [0, 0.1) is 0 Å². The Bertz CT molecular complexity index is 110. The van der Waals surface area contributed by atoms with Gasteiger partial charge in [-0.3, -0.25) is 0 Å². The third-order valence-corrected chi connectivity index (χ3v) is 1.38. The van der Waals surface area contributed by atoms with Crippen LogP contribution in [0.3, 0.4) is 0 Å². The number of methoxy groups -OCH3 is 1. The molecule has 2 N–H and O–H groups in total. The van der Waals surface area contributed by atoms with E-state index in [-0.39, 0.29) is 6.61 Å². The van der Waals surface area contributed by atoms with Crippen molar-refractivity contribution in [1.82, 2.24) is 0 Å². The van der Waals surface area contributed by atoms with Crippen LogP contribution in [0.25, 0.3) is 0 Å². The summed E-state index contributed by atoms with van der Waals surface area (Å²) in [5.74, 6) is 0. The Morgan fingerprint density at radius 1 is 1.44 bits per heavy atom. The van der Waals surface area contributed by atoms with Crippen LogP contribution in [-0.2, 0) is 21.1 Å². The van der Waals surface area contributed by atoms with Gasteiger partial charge in [0.1, 0.15) is 0 Å². The number of ether oxygens (including phenoxy) is 1. The third kappa shape index (κ3) is 8.49. The second-order valence-electron chi connectivity index (χ2n) is 1.32. The van der Waals surface area contributed by atoms with Crippen LogP contribution in [0.15, 0.2) is 0 Å². The molecule has 0 spiro atoms. The van der Waals surface area contributed by atoms with E-state index in [9.17, 15) is 0 Å². The highest BCUT2D eigenvalue weighted by molar-refractivity contribution is 8.06. The van der Waals surface area contributed by atoms with Crippen LogP contribution in [-0.4, -0.2) is 30.1 Å². The van der Waals surface area contributed by atoms with Crippen LogP contribution in [0.5, 0.6) is 0 Å². The van der Waals surface area contributed by atoms with Crippen LogP contribution in [0.2, 0.25) is 0 Å². The Morgan fingerprint density at radius 2 is 2.00 bits per heavy atom. The molecule has 56 valence electrons. The first-order valence-electron chi connectivity index (χ1n) is 2.25. The molecule has 0 unspecified atom stereocenters. The predicted octanol–water partition coefficient (Wildman–Crippen LogP) is -0.142. The van der Waals surface area contributed by atoms with Gasteiger partial charge in [0.25, 0.3) is 0 Å². The quantitative estimate of drug-likeness (QED) is 0.456. The Hall–Kier alpha value is 0.490. The highest BCUT2D eigenvalue weighted by Crippen LogP contribution is 2.35. The van der Waals surface area contributed by atoms with Crippen molar-refractivity contribution in [3.63, 3.8) is 0 Å². The van der Waals surface area contributed by atoms with Gasteiger partial charge < -0.3 is 19.0 Å². The molecule has 4 nitrogen and oxygen atoms in total. The average Bonchev–Trinajstić information content (AvgIpc) is 1.63. The topological polar surface area (TPSA) is 58.9 Å². The molecule has 0 aromatic carbocycles. The molecule has 0 aliphatic rings. The van der Waals surface area contributed by atoms with Crippen molar-refractivity contribution < 1.29 is 19.0 Å². The first kappa shape index (κ1) is 9.49. The van der Waals surface area contributed by atoms with Crippen molar-refractivity contribution in [1.29, 1.82) is 0 Å². The summed E-state index contributed by atoms with van der Waals surface area (Å²) in [6.07, 6.45) is 0. The van der Waals surface area contributed by atoms with Crippen molar-refractivity contribution in [2.75, 3.05) is 20.3 Å². The molecule has 0 atom stereocenters. The van der Waals surface area contributed by atoms with Crippen molar-refractivity contribution >= 4 is 18.5 Å². The SMILES string of the molecule is COCCOP(O)(O)=S. The van der Waals surface area contributed by atoms with Crippen molar-refractivity contribution in [2.24, 2.45) is 0 Å². The van der Waals surface area contributed by atoms with Gasteiger partial charge in [-0.1, -0.05) is 0 Å². The van der Waals surface area contributed by atoms with Crippen molar-refractivity contribution in [3.05, 3.63) is 0 Å². The summed E-state index contributed by atoms with van der Waals surface area (Å²) >= 11 is 4.14. The zero-order valence-electron chi connectivity index (χ0n) is 4.98. The van der Waals surface area contributed by atoms with E-state index >= 15 is 0 Å². The molecule has 0 fully saturated rings. The van der Waals surface area contributed by atoms with E-state index in [0.717, 1.165) is 0 Å². The Balaban J connectivity index is 3.18. The highest BCUT2D eigenvalue weighted by Gasteiger charge is 2.05. The standard InChI is InChI=1S/C3H9O4PS/c1-6-2-3-7-8(4,5)9/h2-3H2,1H3,(H2,4,5,9). The van der Waals surface area contributed by atoms with Gasteiger partial charge in [0, 0.05) is 7.11 Å². The molecule has 6 heteroatoms. The predicted molar refractivity (Wildman–Crippen MR) is 36.6 cm³/mol. The minimum atomic E-state index is -3.44. The number of rotatable bonds is 4. The van der Waals surface area contributed by atoms with Gasteiger partial charge >= 0.3 is 6.72 Å². The monoisotopic (exact) mass is 172 g/mol. The van der Waals surface area contributed by atoms with Gasteiger partial charge in [0.15, 0.2) is 0 Å². The zero-order valence-corrected chi connectivity index (χ0v) is 6.69. The Kier molecular flexibility index (Phi) is 4.56. The summed E-state index contributed by atoms with van der Waals surface area (Å²) in [4.78, 5) is 16.9. The lowest BCUT2D eigenvalue weighted by Gasteiger charge is -2.06. The first-order valence-corrected chi connectivity index (χ1v) is 4.88. The van der Waals surface area contributed by atoms with Crippen LogP contribution >= 0.6 is 6.72 Å². The van der Waals surface area contributed by atoms with E-state index in [1.165, 1.54) is 7.11 Å². The smallest absolute Gasteiger partial charge is 0.321 e. The maximum Gasteiger partial charge on any atom is 0.321 e. The second-order valence-corrected chi connectivity index (χ2v) is 3.98.